The number of primary amides is 1. The van der Waals surface area contributed by atoms with Crippen LogP contribution in [0.5, 0.6) is 0 Å². The molecule has 0 saturated heterocycles. The summed E-state index contributed by atoms with van der Waals surface area (Å²) in [6.45, 7) is 5.38. The predicted molar refractivity (Wildman–Crippen MR) is 88.4 cm³/mol. The molecule has 0 radical (unpaired) electrons. The van der Waals surface area contributed by atoms with Crippen LogP contribution in [0.2, 0.25) is 0 Å². The number of amides is 2. The third kappa shape index (κ3) is 4.73. The molecule has 22 heavy (non-hydrogen) atoms. The fraction of sp³-hybridized carbons (Fsp3) is 0.611. The molecule has 1 saturated carbocycles. The Hall–Kier alpha value is -1.55. The minimum Gasteiger partial charge on any atom is -0.375 e. The van der Waals surface area contributed by atoms with Gasteiger partial charge in [0.05, 0.1) is 19.3 Å². The molecule has 1 atom stereocenters. The number of rotatable bonds is 6. The van der Waals surface area contributed by atoms with Gasteiger partial charge in [-0.15, -0.1) is 0 Å². The fourth-order valence-corrected chi connectivity index (χ4v) is 3.28. The van der Waals surface area contributed by atoms with Crippen molar-refractivity contribution >= 4 is 6.03 Å². The van der Waals surface area contributed by atoms with Crippen molar-refractivity contribution in [2.45, 2.75) is 58.2 Å². The van der Waals surface area contributed by atoms with Gasteiger partial charge in [-0.1, -0.05) is 37.3 Å². The number of nitrogens with zero attached hydrogens (tertiary/aromatic N) is 1. The molecule has 0 aromatic heterocycles. The van der Waals surface area contributed by atoms with Gasteiger partial charge in [0, 0.05) is 6.04 Å². The number of hydrogen-bond donors (Lipinski definition) is 1. The summed E-state index contributed by atoms with van der Waals surface area (Å²) >= 11 is 0. The minimum atomic E-state index is -0.324. The van der Waals surface area contributed by atoms with E-state index < -0.39 is 0 Å². The molecule has 0 bridgehead atoms. The first-order valence-corrected chi connectivity index (χ1v) is 8.27. The Balaban J connectivity index is 1.84. The molecule has 1 fully saturated rings. The van der Waals surface area contributed by atoms with Crippen LogP contribution < -0.4 is 5.73 Å². The van der Waals surface area contributed by atoms with E-state index in [1.54, 1.807) is 0 Å². The molecule has 122 valence electrons. The molecule has 2 amide bonds. The molecule has 2 N–H and O–H groups in total. The molecular formula is C18H28N2O2. The predicted octanol–water partition coefficient (Wildman–Crippen LogP) is 3.55. The van der Waals surface area contributed by atoms with Crippen LogP contribution in [0.1, 0.15) is 45.1 Å². The average Bonchev–Trinajstić information content (AvgIpc) is 2.50. The molecule has 1 aliphatic rings. The van der Waals surface area contributed by atoms with Crippen LogP contribution in [0.15, 0.2) is 30.3 Å². The number of urea groups is 1. The zero-order chi connectivity index (χ0) is 15.9. The van der Waals surface area contributed by atoms with Gasteiger partial charge < -0.3 is 15.4 Å². The first-order valence-electron chi connectivity index (χ1n) is 8.27. The second-order valence-corrected chi connectivity index (χ2v) is 6.51. The maximum atomic E-state index is 11.8. The largest absolute Gasteiger partial charge is 0.375 e. The number of nitrogens with two attached hydrogens (primary N) is 1. The smallest absolute Gasteiger partial charge is 0.315 e. The summed E-state index contributed by atoms with van der Waals surface area (Å²) in [5.74, 6) is 0.760. The highest BCUT2D eigenvalue weighted by atomic mass is 16.5. The van der Waals surface area contributed by atoms with Crippen molar-refractivity contribution in [3.8, 4) is 0 Å². The monoisotopic (exact) mass is 304 g/mol. The van der Waals surface area contributed by atoms with Crippen LogP contribution in [0.4, 0.5) is 4.79 Å². The zero-order valence-corrected chi connectivity index (χ0v) is 13.7. The molecule has 1 unspecified atom stereocenters. The average molecular weight is 304 g/mol. The van der Waals surface area contributed by atoms with Crippen LogP contribution in [-0.2, 0) is 11.3 Å². The lowest BCUT2D eigenvalue weighted by Crippen LogP contribution is -2.51. The van der Waals surface area contributed by atoms with Gasteiger partial charge in [0.1, 0.15) is 0 Å². The van der Waals surface area contributed by atoms with Gasteiger partial charge in [-0.25, -0.2) is 4.79 Å². The van der Waals surface area contributed by atoms with Crippen molar-refractivity contribution in [3.05, 3.63) is 35.9 Å². The normalized spacial score (nSPS) is 23.0. The summed E-state index contributed by atoms with van der Waals surface area (Å²) in [5, 5.41) is 0. The van der Waals surface area contributed by atoms with Gasteiger partial charge in [-0.05, 0) is 44.1 Å². The van der Waals surface area contributed by atoms with Crippen molar-refractivity contribution in [3.63, 3.8) is 0 Å². The fourth-order valence-electron chi connectivity index (χ4n) is 3.28. The second kappa shape index (κ2) is 8.18. The number of benzene rings is 1. The zero-order valence-electron chi connectivity index (χ0n) is 13.7. The summed E-state index contributed by atoms with van der Waals surface area (Å²) in [7, 11) is 0. The molecule has 1 aliphatic carbocycles. The van der Waals surface area contributed by atoms with Crippen molar-refractivity contribution in [2.24, 2.45) is 11.7 Å². The highest BCUT2D eigenvalue weighted by molar-refractivity contribution is 5.72. The molecule has 1 aromatic carbocycles. The standard InChI is InChI=1S/C18H28N2O2/c1-14-8-10-17(11-9-14)20(18(19)21)15(2)12-22-13-16-6-4-3-5-7-16/h3-7,14-15,17H,8-13H2,1-2H3,(H2,19,21). The van der Waals surface area contributed by atoms with Gasteiger partial charge in [-0.2, -0.15) is 0 Å². The summed E-state index contributed by atoms with van der Waals surface area (Å²) in [5.41, 5.74) is 6.76. The first-order chi connectivity index (χ1) is 10.6. The quantitative estimate of drug-likeness (QED) is 0.873. The lowest BCUT2D eigenvalue weighted by Gasteiger charge is -2.38. The van der Waals surface area contributed by atoms with E-state index in [2.05, 4.69) is 6.92 Å². The number of ether oxygens (including phenoxy) is 1. The Bertz CT molecular complexity index is 455. The Morgan fingerprint density at radius 2 is 1.91 bits per heavy atom. The Kier molecular flexibility index (Phi) is 6.25. The van der Waals surface area contributed by atoms with Gasteiger partial charge >= 0.3 is 6.03 Å². The topological polar surface area (TPSA) is 55.6 Å². The van der Waals surface area contributed by atoms with E-state index in [9.17, 15) is 4.79 Å². The van der Waals surface area contributed by atoms with Crippen LogP contribution in [-0.4, -0.2) is 29.6 Å². The van der Waals surface area contributed by atoms with Gasteiger partial charge in [0.2, 0.25) is 0 Å². The summed E-state index contributed by atoms with van der Waals surface area (Å²) in [6, 6.07) is 10.0. The molecule has 0 spiro atoms. The summed E-state index contributed by atoms with van der Waals surface area (Å²) in [6.07, 6.45) is 4.44. The maximum Gasteiger partial charge on any atom is 0.315 e. The molecular weight excluding hydrogens is 276 g/mol. The maximum absolute atomic E-state index is 11.8. The van der Waals surface area contributed by atoms with Gasteiger partial charge in [0.25, 0.3) is 0 Å². The Morgan fingerprint density at radius 1 is 1.27 bits per heavy atom. The van der Waals surface area contributed by atoms with Crippen LogP contribution in [0, 0.1) is 5.92 Å². The minimum absolute atomic E-state index is 0.0135. The molecule has 2 rings (SSSR count). The molecule has 0 heterocycles. The highest BCUT2D eigenvalue weighted by Gasteiger charge is 2.29. The number of carbonyl (C=O) groups is 1. The van der Waals surface area contributed by atoms with E-state index in [0.29, 0.717) is 13.2 Å². The molecule has 0 aliphatic heterocycles. The van der Waals surface area contributed by atoms with Crippen molar-refractivity contribution in [1.29, 1.82) is 0 Å². The van der Waals surface area contributed by atoms with Gasteiger partial charge in [-0.3, -0.25) is 0 Å². The lowest BCUT2D eigenvalue weighted by molar-refractivity contribution is 0.0464. The van der Waals surface area contributed by atoms with Crippen molar-refractivity contribution < 1.29 is 9.53 Å². The second-order valence-electron chi connectivity index (χ2n) is 6.51. The number of carbonyl (C=O) groups excluding carboxylic acids is 1. The summed E-state index contributed by atoms with van der Waals surface area (Å²) < 4.78 is 5.78. The Labute approximate surface area is 133 Å². The van der Waals surface area contributed by atoms with E-state index in [1.165, 1.54) is 12.8 Å². The SMILES string of the molecule is CC1CCC(N(C(N)=O)C(C)COCc2ccccc2)CC1. The van der Waals surface area contributed by atoms with E-state index >= 15 is 0 Å². The summed E-state index contributed by atoms with van der Waals surface area (Å²) in [4.78, 5) is 13.7. The third-order valence-electron chi connectivity index (χ3n) is 4.58. The molecule has 4 nitrogen and oxygen atoms in total. The Morgan fingerprint density at radius 3 is 2.50 bits per heavy atom. The third-order valence-corrected chi connectivity index (χ3v) is 4.58. The van der Waals surface area contributed by atoms with Crippen LogP contribution in [0.25, 0.3) is 0 Å². The van der Waals surface area contributed by atoms with E-state index in [1.807, 2.05) is 42.2 Å². The first kappa shape index (κ1) is 16.8. The van der Waals surface area contributed by atoms with Crippen molar-refractivity contribution in [2.75, 3.05) is 6.61 Å². The highest BCUT2D eigenvalue weighted by Crippen LogP contribution is 2.28. The molecule has 4 heteroatoms. The van der Waals surface area contributed by atoms with Gasteiger partial charge in [0.15, 0.2) is 0 Å². The lowest BCUT2D eigenvalue weighted by atomic mass is 9.86. The van der Waals surface area contributed by atoms with Crippen molar-refractivity contribution in [1.82, 2.24) is 4.90 Å². The number of hydrogen-bond acceptors (Lipinski definition) is 2. The molecule has 1 aromatic rings. The van der Waals surface area contributed by atoms with Crippen LogP contribution in [0.3, 0.4) is 0 Å². The van der Waals surface area contributed by atoms with Crippen LogP contribution >= 0.6 is 0 Å². The van der Waals surface area contributed by atoms with E-state index in [-0.39, 0.29) is 18.1 Å². The van der Waals surface area contributed by atoms with E-state index in [0.717, 1.165) is 24.3 Å². The van der Waals surface area contributed by atoms with E-state index in [4.69, 9.17) is 10.5 Å².